The lowest BCUT2D eigenvalue weighted by molar-refractivity contribution is -0.121. The summed E-state index contributed by atoms with van der Waals surface area (Å²) in [7, 11) is 2.18. The number of rotatable bonds is 10. The van der Waals surface area contributed by atoms with Crippen molar-refractivity contribution in [3.63, 3.8) is 0 Å². The largest absolute Gasteiger partial charge is 0.352 e. The van der Waals surface area contributed by atoms with Gasteiger partial charge in [0, 0.05) is 45.7 Å². The van der Waals surface area contributed by atoms with Crippen molar-refractivity contribution in [1.29, 1.82) is 0 Å². The summed E-state index contributed by atoms with van der Waals surface area (Å²) in [6, 6.07) is 8.64. The van der Waals surface area contributed by atoms with E-state index in [2.05, 4.69) is 46.4 Å². The van der Waals surface area contributed by atoms with Crippen LogP contribution in [0.5, 0.6) is 0 Å². The van der Waals surface area contributed by atoms with Gasteiger partial charge in [-0.05, 0) is 37.6 Å². The highest BCUT2D eigenvalue weighted by atomic mass is 16.1. The second-order valence-corrected chi connectivity index (χ2v) is 7.13. The standard InChI is InChI=1S/C20H34N4O/c1-23-12-14-24(15-13-23)17-19-9-7-18(8-10-19)16-22-20(25)6-4-2-3-5-11-21/h7-10H,2-6,11-17,21H2,1H3,(H,22,25). The molecule has 25 heavy (non-hydrogen) atoms. The second-order valence-electron chi connectivity index (χ2n) is 7.13. The van der Waals surface area contributed by atoms with Crippen molar-refractivity contribution < 1.29 is 4.79 Å². The number of hydrogen-bond acceptors (Lipinski definition) is 4. The zero-order chi connectivity index (χ0) is 17.9. The molecule has 1 amide bonds. The molecule has 5 heteroatoms. The molecule has 1 fully saturated rings. The van der Waals surface area contributed by atoms with Gasteiger partial charge in [0.15, 0.2) is 0 Å². The molecule has 1 aliphatic heterocycles. The fourth-order valence-electron chi connectivity index (χ4n) is 3.10. The number of likely N-dealkylation sites (N-methyl/N-ethyl adjacent to an activating group) is 1. The van der Waals surface area contributed by atoms with Gasteiger partial charge in [0.1, 0.15) is 0 Å². The Labute approximate surface area is 152 Å². The first-order valence-corrected chi connectivity index (χ1v) is 9.63. The van der Waals surface area contributed by atoms with Crippen LogP contribution < -0.4 is 11.1 Å². The highest BCUT2D eigenvalue weighted by Gasteiger charge is 2.13. The van der Waals surface area contributed by atoms with Gasteiger partial charge in [-0.3, -0.25) is 9.69 Å². The third kappa shape index (κ3) is 7.99. The maximum Gasteiger partial charge on any atom is 0.220 e. The predicted molar refractivity (Wildman–Crippen MR) is 103 cm³/mol. The van der Waals surface area contributed by atoms with Crippen LogP contribution in [0.3, 0.4) is 0 Å². The van der Waals surface area contributed by atoms with Crippen molar-refractivity contribution in [1.82, 2.24) is 15.1 Å². The van der Waals surface area contributed by atoms with E-state index in [0.29, 0.717) is 13.0 Å². The molecule has 140 valence electrons. The fraction of sp³-hybridized carbons (Fsp3) is 0.650. The van der Waals surface area contributed by atoms with E-state index >= 15 is 0 Å². The van der Waals surface area contributed by atoms with E-state index in [9.17, 15) is 4.79 Å². The molecule has 1 heterocycles. The van der Waals surface area contributed by atoms with Crippen molar-refractivity contribution in [2.45, 2.75) is 45.2 Å². The third-order valence-corrected chi connectivity index (χ3v) is 4.87. The van der Waals surface area contributed by atoms with Crippen LogP contribution in [-0.2, 0) is 17.9 Å². The predicted octanol–water partition coefficient (Wildman–Crippen LogP) is 1.96. The molecular formula is C20H34N4O. The number of carbonyl (C=O) groups excluding carboxylic acids is 1. The minimum absolute atomic E-state index is 0.147. The maximum atomic E-state index is 11.9. The molecule has 0 atom stereocenters. The van der Waals surface area contributed by atoms with Crippen molar-refractivity contribution in [3.05, 3.63) is 35.4 Å². The molecule has 0 spiro atoms. The van der Waals surface area contributed by atoms with Gasteiger partial charge in [0.05, 0.1) is 0 Å². The van der Waals surface area contributed by atoms with Crippen molar-refractivity contribution in [3.8, 4) is 0 Å². The van der Waals surface area contributed by atoms with Crippen LogP contribution in [0.1, 0.15) is 43.2 Å². The van der Waals surface area contributed by atoms with Gasteiger partial charge in [-0.25, -0.2) is 0 Å². The lowest BCUT2D eigenvalue weighted by Gasteiger charge is -2.32. The number of piperazine rings is 1. The lowest BCUT2D eigenvalue weighted by Crippen LogP contribution is -2.43. The van der Waals surface area contributed by atoms with E-state index in [4.69, 9.17) is 5.73 Å². The Kier molecular flexibility index (Phi) is 8.94. The van der Waals surface area contributed by atoms with E-state index in [-0.39, 0.29) is 5.91 Å². The molecule has 3 N–H and O–H groups in total. The number of amides is 1. The average molecular weight is 347 g/mol. The number of nitrogens with zero attached hydrogens (tertiary/aromatic N) is 2. The van der Waals surface area contributed by atoms with Crippen LogP contribution in [0.2, 0.25) is 0 Å². The summed E-state index contributed by atoms with van der Waals surface area (Å²) >= 11 is 0. The molecule has 0 unspecified atom stereocenters. The summed E-state index contributed by atoms with van der Waals surface area (Å²) in [5.41, 5.74) is 7.98. The number of carbonyl (C=O) groups is 1. The highest BCUT2D eigenvalue weighted by molar-refractivity contribution is 5.75. The summed E-state index contributed by atoms with van der Waals surface area (Å²) < 4.78 is 0. The van der Waals surface area contributed by atoms with Gasteiger partial charge < -0.3 is 16.0 Å². The van der Waals surface area contributed by atoms with Gasteiger partial charge in [0.25, 0.3) is 0 Å². The van der Waals surface area contributed by atoms with Gasteiger partial charge >= 0.3 is 0 Å². The first-order chi connectivity index (χ1) is 12.2. The Morgan fingerprint density at radius 3 is 2.32 bits per heavy atom. The molecular weight excluding hydrogens is 312 g/mol. The minimum atomic E-state index is 0.147. The average Bonchev–Trinajstić information content (AvgIpc) is 2.63. The van der Waals surface area contributed by atoms with E-state index in [1.54, 1.807) is 0 Å². The smallest absolute Gasteiger partial charge is 0.220 e. The van der Waals surface area contributed by atoms with Crippen LogP contribution in [0.15, 0.2) is 24.3 Å². The van der Waals surface area contributed by atoms with E-state index in [1.807, 2.05) is 0 Å². The first-order valence-electron chi connectivity index (χ1n) is 9.63. The quantitative estimate of drug-likeness (QED) is 0.636. The molecule has 1 saturated heterocycles. The molecule has 0 aromatic heterocycles. The zero-order valence-electron chi connectivity index (χ0n) is 15.7. The summed E-state index contributed by atoms with van der Waals surface area (Å²) in [5.74, 6) is 0.147. The van der Waals surface area contributed by atoms with E-state index in [1.165, 1.54) is 11.1 Å². The Balaban J connectivity index is 1.63. The monoisotopic (exact) mass is 346 g/mol. The van der Waals surface area contributed by atoms with Gasteiger partial charge in [-0.2, -0.15) is 0 Å². The molecule has 5 nitrogen and oxygen atoms in total. The molecule has 1 aromatic rings. The van der Waals surface area contributed by atoms with Gasteiger partial charge in [-0.1, -0.05) is 37.1 Å². The summed E-state index contributed by atoms with van der Waals surface area (Å²) in [4.78, 5) is 16.7. The number of nitrogens with two attached hydrogens (primary N) is 1. The summed E-state index contributed by atoms with van der Waals surface area (Å²) in [6.07, 6.45) is 4.84. The zero-order valence-corrected chi connectivity index (χ0v) is 15.7. The number of benzene rings is 1. The van der Waals surface area contributed by atoms with Gasteiger partial charge in [-0.15, -0.1) is 0 Å². The van der Waals surface area contributed by atoms with Crippen LogP contribution in [0, 0.1) is 0 Å². The minimum Gasteiger partial charge on any atom is -0.352 e. The van der Waals surface area contributed by atoms with Crippen LogP contribution >= 0.6 is 0 Å². The Morgan fingerprint density at radius 1 is 1.00 bits per heavy atom. The first kappa shape index (κ1) is 19.9. The Morgan fingerprint density at radius 2 is 1.64 bits per heavy atom. The van der Waals surface area contributed by atoms with Crippen LogP contribution in [0.25, 0.3) is 0 Å². The topological polar surface area (TPSA) is 61.6 Å². The normalized spacial score (nSPS) is 16.1. The lowest BCUT2D eigenvalue weighted by atomic mass is 10.1. The number of nitrogens with one attached hydrogen (secondary N) is 1. The molecule has 1 aliphatic rings. The molecule has 0 aliphatic carbocycles. The molecule has 0 bridgehead atoms. The van der Waals surface area contributed by atoms with E-state index < -0.39 is 0 Å². The highest BCUT2D eigenvalue weighted by Crippen LogP contribution is 2.10. The Hall–Kier alpha value is -1.43. The molecule has 2 rings (SSSR count). The van der Waals surface area contributed by atoms with Crippen molar-refractivity contribution >= 4 is 5.91 Å². The molecule has 0 radical (unpaired) electrons. The Bertz CT molecular complexity index is 495. The van der Waals surface area contributed by atoms with E-state index in [0.717, 1.165) is 65.0 Å². The number of unbranched alkanes of at least 4 members (excludes halogenated alkanes) is 3. The van der Waals surface area contributed by atoms with Crippen LogP contribution in [0.4, 0.5) is 0 Å². The number of hydrogen-bond donors (Lipinski definition) is 2. The summed E-state index contributed by atoms with van der Waals surface area (Å²) in [5, 5.41) is 3.02. The third-order valence-electron chi connectivity index (χ3n) is 4.87. The maximum absolute atomic E-state index is 11.9. The summed E-state index contributed by atoms with van der Waals surface area (Å²) in [6.45, 7) is 6.96. The fourth-order valence-corrected chi connectivity index (χ4v) is 3.10. The second kappa shape index (κ2) is 11.2. The van der Waals surface area contributed by atoms with Crippen molar-refractivity contribution in [2.75, 3.05) is 39.8 Å². The van der Waals surface area contributed by atoms with Gasteiger partial charge in [0.2, 0.25) is 5.91 Å². The van der Waals surface area contributed by atoms with Crippen LogP contribution in [-0.4, -0.2) is 55.5 Å². The molecule has 1 aromatic carbocycles. The van der Waals surface area contributed by atoms with Crippen molar-refractivity contribution in [2.24, 2.45) is 5.73 Å². The SMILES string of the molecule is CN1CCN(Cc2ccc(CNC(=O)CCCCCCN)cc2)CC1. The molecule has 0 saturated carbocycles.